The largest absolute Gasteiger partial charge is 0.481 e. The molecule has 104 valence electrons. The lowest BCUT2D eigenvalue weighted by atomic mass is 10.3. The standard InChI is InChI=1S/C15H16N2O2S/c1-11-3-5-13(20-11)6-7-14(18)16-9-12-4-8-15(19-2)17-10-12/h3-8,10H,9H2,1-2H3,(H,16,18)/b7-6+. The van der Waals surface area contributed by atoms with Crippen LogP contribution >= 0.6 is 11.3 Å². The van der Waals surface area contributed by atoms with Crippen LogP contribution in [0.5, 0.6) is 5.88 Å². The maximum absolute atomic E-state index is 11.7. The fourth-order valence-corrected chi connectivity index (χ4v) is 2.37. The summed E-state index contributed by atoms with van der Waals surface area (Å²) in [6.45, 7) is 2.49. The Hall–Kier alpha value is -2.14. The van der Waals surface area contributed by atoms with E-state index in [1.165, 1.54) is 4.88 Å². The molecule has 0 aliphatic heterocycles. The minimum absolute atomic E-state index is 0.119. The number of amides is 1. The van der Waals surface area contributed by atoms with Crippen molar-refractivity contribution >= 4 is 23.3 Å². The van der Waals surface area contributed by atoms with Crippen molar-refractivity contribution in [3.63, 3.8) is 0 Å². The first kappa shape index (κ1) is 14.3. The Morgan fingerprint density at radius 3 is 2.85 bits per heavy atom. The van der Waals surface area contributed by atoms with Gasteiger partial charge in [0.05, 0.1) is 7.11 Å². The number of methoxy groups -OCH3 is 1. The van der Waals surface area contributed by atoms with E-state index in [9.17, 15) is 4.79 Å². The van der Waals surface area contributed by atoms with E-state index in [4.69, 9.17) is 4.74 Å². The van der Waals surface area contributed by atoms with Gasteiger partial charge in [0.15, 0.2) is 0 Å². The molecular weight excluding hydrogens is 272 g/mol. The molecule has 4 nitrogen and oxygen atoms in total. The number of aromatic nitrogens is 1. The van der Waals surface area contributed by atoms with Crippen molar-refractivity contribution in [3.05, 3.63) is 51.9 Å². The Morgan fingerprint density at radius 1 is 1.40 bits per heavy atom. The van der Waals surface area contributed by atoms with Crippen molar-refractivity contribution in [1.29, 1.82) is 0 Å². The molecule has 0 bridgehead atoms. The molecule has 0 unspecified atom stereocenters. The zero-order chi connectivity index (χ0) is 14.4. The SMILES string of the molecule is COc1ccc(CNC(=O)/C=C/c2ccc(C)s2)cn1. The van der Waals surface area contributed by atoms with Gasteiger partial charge in [0.2, 0.25) is 11.8 Å². The Labute approximate surface area is 122 Å². The monoisotopic (exact) mass is 288 g/mol. The number of ether oxygens (including phenoxy) is 1. The summed E-state index contributed by atoms with van der Waals surface area (Å²) >= 11 is 1.66. The van der Waals surface area contributed by atoms with Gasteiger partial charge >= 0.3 is 0 Å². The molecule has 0 aliphatic rings. The number of nitrogens with one attached hydrogen (secondary N) is 1. The Balaban J connectivity index is 1.83. The zero-order valence-electron chi connectivity index (χ0n) is 11.4. The molecule has 2 aromatic heterocycles. The van der Waals surface area contributed by atoms with Gasteiger partial charge in [0.1, 0.15) is 0 Å². The number of thiophene rings is 1. The average molecular weight is 288 g/mol. The number of carbonyl (C=O) groups excluding carboxylic acids is 1. The summed E-state index contributed by atoms with van der Waals surface area (Å²) in [5.74, 6) is 0.444. The molecule has 0 aromatic carbocycles. The predicted molar refractivity (Wildman–Crippen MR) is 80.7 cm³/mol. The van der Waals surface area contributed by atoms with Crippen LogP contribution in [-0.4, -0.2) is 18.0 Å². The van der Waals surface area contributed by atoms with Crippen LogP contribution in [-0.2, 0) is 11.3 Å². The molecule has 0 fully saturated rings. The van der Waals surface area contributed by atoms with E-state index in [0.717, 1.165) is 10.4 Å². The number of rotatable bonds is 5. The first-order valence-electron chi connectivity index (χ1n) is 6.18. The summed E-state index contributed by atoms with van der Waals surface area (Å²) in [6.07, 6.45) is 5.05. The van der Waals surface area contributed by atoms with E-state index < -0.39 is 0 Å². The fraction of sp³-hybridized carbons (Fsp3) is 0.200. The summed E-state index contributed by atoms with van der Waals surface area (Å²) in [5, 5.41) is 2.81. The number of carbonyl (C=O) groups is 1. The van der Waals surface area contributed by atoms with Crippen molar-refractivity contribution < 1.29 is 9.53 Å². The zero-order valence-corrected chi connectivity index (χ0v) is 12.2. The second-order valence-electron chi connectivity index (χ2n) is 4.21. The topological polar surface area (TPSA) is 51.2 Å². The first-order chi connectivity index (χ1) is 9.67. The Bertz CT molecular complexity index is 603. The van der Waals surface area contributed by atoms with Crippen LogP contribution in [0.3, 0.4) is 0 Å². The molecule has 0 spiro atoms. The molecule has 0 saturated heterocycles. The second kappa shape index (κ2) is 6.86. The van der Waals surface area contributed by atoms with Gasteiger partial charge in [-0.3, -0.25) is 4.79 Å². The third-order valence-electron chi connectivity index (χ3n) is 2.63. The average Bonchev–Trinajstić information content (AvgIpc) is 2.89. The third-order valence-corrected chi connectivity index (χ3v) is 3.60. The molecule has 2 rings (SSSR count). The van der Waals surface area contributed by atoms with Crippen molar-refractivity contribution in [2.24, 2.45) is 0 Å². The van der Waals surface area contributed by atoms with Crippen LogP contribution in [0, 0.1) is 6.92 Å². The van der Waals surface area contributed by atoms with Crippen LogP contribution < -0.4 is 10.1 Å². The van der Waals surface area contributed by atoms with Crippen molar-refractivity contribution in [3.8, 4) is 5.88 Å². The highest BCUT2D eigenvalue weighted by Gasteiger charge is 1.99. The van der Waals surface area contributed by atoms with Crippen LogP contribution in [0.25, 0.3) is 6.08 Å². The molecule has 0 atom stereocenters. The van der Waals surface area contributed by atoms with Crippen LogP contribution in [0.4, 0.5) is 0 Å². The van der Waals surface area contributed by atoms with Crippen LogP contribution in [0.2, 0.25) is 0 Å². The van der Waals surface area contributed by atoms with E-state index in [1.54, 1.807) is 36.8 Å². The van der Waals surface area contributed by atoms with Crippen LogP contribution in [0.1, 0.15) is 15.3 Å². The van der Waals surface area contributed by atoms with Gasteiger partial charge in [-0.2, -0.15) is 0 Å². The smallest absolute Gasteiger partial charge is 0.244 e. The molecule has 2 aromatic rings. The predicted octanol–water partition coefficient (Wildman–Crippen LogP) is 2.79. The maximum Gasteiger partial charge on any atom is 0.244 e. The number of aryl methyl sites for hydroxylation is 1. The highest BCUT2D eigenvalue weighted by molar-refractivity contribution is 7.12. The van der Waals surface area contributed by atoms with Gasteiger partial charge in [0, 0.05) is 34.6 Å². The molecule has 5 heteroatoms. The molecule has 1 N–H and O–H groups in total. The second-order valence-corrected chi connectivity index (χ2v) is 5.53. The normalized spacial score (nSPS) is 10.7. The van der Waals surface area contributed by atoms with Crippen molar-refractivity contribution in [1.82, 2.24) is 10.3 Å². The number of nitrogens with zero attached hydrogens (tertiary/aromatic N) is 1. The highest BCUT2D eigenvalue weighted by Crippen LogP contribution is 2.16. The summed E-state index contributed by atoms with van der Waals surface area (Å²) in [5.41, 5.74) is 0.930. The lowest BCUT2D eigenvalue weighted by Gasteiger charge is -2.03. The third kappa shape index (κ3) is 4.20. The summed E-state index contributed by atoms with van der Waals surface area (Å²) in [4.78, 5) is 18.1. The summed E-state index contributed by atoms with van der Waals surface area (Å²) < 4.78 is 4.98. The lowest BCUT2D eigenvalue weighted by molar-refractivity contribution is -0.116. The molecule has 20 heavy (non-hydrogen) atoms. The fourth-order valence-electron chi connectivity index (χ4n) is 1.59. The van der Waals surface area contributed by atoms with E-state index in [0.29, 0.717) is 12.4 Å². The molecule has 0 saturated carbocycles. The quantitative estimate of drug-likeness (QED) is 0.861. The molecule has 0 aliphatic carbocycles. The summed E-state index contributed by atoms with van der Waals surface area (Å²) in [6, 6.07) is 7.67. The lowest BCUT2D eigenvalue weighted by Crippen LogP contribution is -2.20. The Kier molecular flexibility index (Phi) is 4.90. The number of hydrogen-bond acceptors (Lipinski definition) is 4. The number of hydrogen-bond donors (Lipinski definition) is 1. The van der Waals surface area contributed by atoms with E-state index in [2.05, 4.69) is 10.3 Å². The first-order valence-corrected chi connectivity index (χ1v) is 7.00. The molecular formula is C15H16N2O2S. The van der Waals surface area contributed by atoms with Gasteiger partial charge in [-0.1, -0.05) is 6.07 Å². The van der Waals surface area contributed by atoms with E-state index in [1.807, 2.05) is 31.2 Å². The molecule has 2 heterocycles. The van der Waals surface area contributed by atoms with Gasteiger partial charge in [-0.15, -0.1) is 11.3 Å². The van der Waals surface area contributed by atoms with Gasteiger partial charge in [0.25, 0.3) is 0 Å². The number of pyridine rings is 1. The highest BCUT2D eigenvalue weighted by atomic mass is 32.1. The minimum atomic E-state index is -0.119. The van der Waals surface area contributed by atoms with Crippen molar-refractivity contribution in [2.75, 3.05) is 7.11 Å². The van der Waals surface area contributed by atoms with Gasteiger partial charge in [-0.05, 0) is 30.7 Å². The molecule has 1 amide bonds. The Morgan fingerprint density at radius 2 is 2.25 bits per heavy atom. The minimum Gasteiger partial charge on any atom is -0.481 e. The molecule has 0 radical (unpaired) electrons. The van der Waals surface area contributed by atoms with Crippen molar-refractivity contribution in [2.45, 2.75) is 13.5 Å². The maximum atomic E-state index is 11.7. The van der Waals surface area contributed by atoms with Gasteiger partial charge < -0.3 is 10.1 Å². The van der Waals surface area contributed by atoms with Gasteiger partial charge in [-0.25, -0.2) is 4.98 Å². The van der Waals surface area contributed by atoms with E-state index in [-0.39, 0.29) is 5.91 Å². The van der Waals surface area contributed by atoms with Crippen LogP contribution in [0.15, 0.2) is 36.5 Å². The van der Waals surface area contributed by atoms with E-state index >= 15 is 0 Å². The summed E-state index contributed by atoms with van der Waals surface area (Å²) in [7, 11) is 1.57.